The molecule has 0 aromatic heterocycles. The Morgan fingerprint density at radius 2 is 1.60 bits per heavy atom. The van der Waals surface area contributed by atoms with E-state index in [0.717, 1.165) is 12.2 Å². The second kappa shape index (κ2) is 8.43. The summed E-state index contributed by atoms with van der Waals surface area (Å²) < 4.78 is 28.9. The number of allylic oxidation sites excluding steroid dienone is 2. The predicted octanol–water partition coefficient (Wildman–Crippen LogP) is 0.875. The molecule has 0 amide bonds. The quantitative estimate of drug-likeness (QED) is 0.318. The molecule has 0 saturated heterocycles. The van der Waals surface area contributed by atoms with Crippen molar-refractivity contribution < 1.29 is 32.8 Å². The molecular weight excluding hydrogens is 292 g/mol. The topological polar surface area (TPSA) is 199 Å². The Bertz CT molecular complexity index is 474. The molecule has 0 bridgehead atoms. The maximum absolute atomic E-state index is 11.3. The fourth-order valence-corrected chi connectivity index (χ4v) is 2.75. The monoisotopic (exact) mass is 312 g/mol. The van der Waals surface area contributed by atoms with Gasteiger partial charge in [-0.05, 0) is 12.8 Å². The van der Waals surface area contributed by atoms with Crippen LogP contribution in [0.3, 0.4) is 0 Å². The lowest BCUT2D eigenvalue weighted by atomic mass is 9.86. The van der Waals surface area contributed by atoms with Gasteiger partial charge in [0.2, 0.25) is 4.75 Å². The second-order valence-corrected chi connectivity index (χ2v) is 5.26. The number of hydrogen-bond donors (Lipinski definition) is 5. The highest BCUT2D eigenvalue weighted by molar-refractivity contribution is 7.88. The summed E-state index contributed by atoms with van der Waals surface area (Å²) in [5.41, 5.74) is 0. The van der Waals surface area contributed by atoms with E-state index in [1.165, 1.54) is 0 Å². The van der Waals surface area contributed by atoms with Gasteiger partial charge in [0, 0.05) is 0 Å². The van der Waals surface area contributed by atoms with Crippen LogP contribution in [0.1, 0.15) is 12.8 Å². The molecule has 0 rings (SSSR count). The highest BCUT2D eigenvalue weighted by atomic mass is 32.2. The van der Waals surface area contributed by atoms with E-state index >= 15 is 0 Å². The largest absolute Gasteiger partial charge is 0.481 e. The maximum atomic E-state index is 11.3. The number of aliphatic carboxylic acids is 2. The average molecular weight is 312 g/mol. The highest BCUT2D eigenvalue weighted by Crippen LogP contribution is 2.34. The van der Waals surface area contributed by atoms with E-state index in [4.69, 9.17) is 14.8 Å². The zero-order valence-corrected chi connectivity index (χ0v) is 11.7. The van der Waals surface area contributed by atoms with Crippen molar-refractivity contribution in [2.75, 3.05) is 0 Å². The van der Waals surface area contributed by atoms with E-state index in [1.807, 2.05) is 0 Å². The van der Waals surface area contributed by atoms with Crippen LogP contribution < -0.4 is 12.3 Å². The van der Waals surface area contributed by atoms with Crippen molar-refractivity contribution in [1.82, 2.24) is 12.3 Å². The molecule has 0 aromatic rings. The van der Waals surface area contributed by atoms with Gasteiger partial charge in [-0.3, -0.25) is 14.1 Å². The van der Waals surface area contributed by atoms with E-state index in [0.29, 0.717) is 0 Å². The summed E-state index contributed by atoms with van der Waals surface area (Å²) in [6.07, 6.45) is 0.854. The number of carbonyl (C=O) groups is 2. The van der Waals surface area contributed by atoms with Crippen LogP contribution in [0.25, 0.3) is 0 Å². The number of carboxylic acids is 2. The van der Waals surface area contributed by atoms with Crippen LogP contribution in [0.15, 0.2) is 25.3 Å². The Hall–Kier alpha value is -1.75. The Balaban J connectivity index is -0.00000144. The van der Waals surface area contributed by atoms with E-state index in [1.54, 1.807) is 0 Å². The predicted molar refractivity (Wildman–Crippen MR) is 72.7 cm³/mol. The molecule has 0 aromatic carbocycles. The molecule has 0 aliphatic heterocycles. The molecular formula is C10H20N2O7S. The summed E-state index contributed by atoms with van der Waals surface area (Å²) in [5.74, 6) is -5.46. The van der Waals surface area contributed by atoms with Gasteiger partial charge in [0.15, 0.2) is 0 Å². The van der Waals surface area contributed by atoms with Crippen molar-refractivity contribution in [3.63, 3.8) is 0 Å². The van der Waals surface area contributed by atoms with Crippen molar-refractivity contribution in [1.29, 1.82) is 0 Å². The van der Waals surface area contributed by atoms with Gasteiger partial charge in [0.05, 0.1) is 5.92 Å². The van der Waals surface area contributed by atoms with E-state index < -0.39 is 45.6 Å². The summed E-state index contributed by atoms with van der Waals surface area (Å²) in [5, 5.41) is 18.0. The molecule has 2 atom stereocenters. The molecule has 0 radical (unpaired) electrons. The van der Waals surface area contributed by atoms with Crippen LogP contribution in [0.5, 0.6) is 0 Å². The summed E-state index contributed by atoms with van der Waals surface area (Å²) in [6.45, 7) is 6.42. The first-order chi connectivity index (χ1) is 8.15. The van der Waals surface area contributed by atoms with E-state index in [2.05, 4.69) is 13.2 Å². The molecule has 20 heavy (non-hydrogen) atoms. The summed E-state index contributed by atoms with van der Waals surface area (Å²) in [7, 11) is -5.15. The van der Waals surface area contributed by atoms with Gasteiger partial charge in [-0.1, -0.05) is 12.2 Å². The number of rotatable bonds is 8. The van der Waals surface area contributed by atoms with Crippen molar-refractivity contribution in [2.45, 2.75) is 17.6 Å². The number of carboxylic acid groups (broad SMARTS) is 2. The smallest absolute Gasteiger partial charge is 0.328 e. The van der Waals surface area contributed by atoms with E-state index in [9.17, 15) is 18.0 Å². The fourth-order valence-electron chi connectivity index (χ4n) is 1.65. The minimum atomic E-state index is -5.15. The second-order valence-electron chi connectivity index (χ2n) is 3.58. The lowest BCUT2D eigenvalue weighted by Crippen LogP contribution is -2.54. The Morgan fingerprint density at radius 3 is 1.80 bits per heavy atom. The van der Waals surface area contributed by atoms with Gasteiger partial charge in [-0.25, -0.2) is 0 Å². The number of hydrogen-bond acceptors (Lipinski definition) is 6. The standard InChI is InChI=1S/C10H14O7S.2H3N/c1-3-5-7(8(11)12)10(6-4-2,9(13)14)18(15,16)17;;/h3-4,7H,1-2,5-6H2,(H,11,12)(H,13,14)(H,15,16,17);2*1H3. The molecule has 0 fully saturated rings. The maximum Gasteiger partial charge on any atom is 0.328 e. The highest BCUT2D eigenvalue weighted by Gasteiger charge is 2.58. The summed E-state index contributed by atoms with van der Waals surface area (Å²) >= 11 is 0. The zero-order chi connectivity index (χ0) is 14.6. The molecule has 9 nitrogen and oxygen atoms in total. The van der Waals surface area contributed by atoms with Gasteiger partial charge in [-0.15, -0.1) is 13.2 Å². The first kappa shape index (κ1) is 23.4. The van der Waals surface area contributed by atoms with Crippen molar-refractivity contribution in [3.8, 4) is 0 Å². The van der Waals surface area contributed by atoms with Crippen molar-refractivity contribution in [3.05, 3.63) is 25.3 Å². The first-order valence-electron chi connectivity index (χ1n) is 4.80. The fraction of sp³-hybridized carbons (Fsp3) is 0.400. The third-order valence-corrected chi connectivity index (χ3v) is 4.08. The van der Waals surface area contributed by atoms with Gasteiger partial charge in [-0.2, -0.15) is 8.42 Å². The summed E-state index contributed by atoms with van der Waals surface area (Å²) in [6, 6.07) is 0. The van der Waals surface area contributed by atoms with Crippen LogP contribution >= 0.6 is 0 Å². The third kappa shape index (κ3) is 4.13. The Morgan fingerprint density at radius 1 is 1.15 bits per heavy atom. The SMILES string of the molecule is C=CCC(C(=O)O)C(CC=C)(C(=O)O)S(=O)(=O)O.N.N. The van der Waals surface area contributed by atoms with E-state index in [-0.39, 0.29) is 12.3 Å². The molecule has 0 saturated carbocycles. The molecule has 0 spiro atoms. The van der Waals surface area contributed by atoms with Crippen LogP contribution in [-0.2, 0) is 19.7 Å². The third-order valence-electron chi connectivity index (χ3n) is 2.53. The van der Waals surface area contributed by atoms with Gasteiger partial charge in [0.25, 0.3) is 10.1 Å². The van der Waals surface area contributed by atoms with Crippen molar-refractivity contribution >= 4 is 22.1 Å². The molecule has 0 aliphatic carbocycles. The van der Waals surface area contributed by atoms with Crippen molar-refractivity contribution in [2.24, 2.45) is 5.92 Å². The summed E-state index contributed by atoms with van der Waals surface area (Å²) in [4.78, 5) is 22.2. The molecule has 10 heteroatoms. The van der Waals surface area contributed by atoms with Gasteiger partial charge in [0.1, 0.15) is 0 Å². The lowest BCUT2D eigenvalue weighted by Gasteiger charge is -2.30. The molecule has 9 N–H and O–H groups in total. The Kier molecular flexibility index (Phi) is 9.84. The van der Waals surface area contributed by atoms with Crippen LogP contribution in [0.4, 0.5) is 0 Å². The van der Waals surface area contributed by atoms with Gasteiger partial charge >= 0.3 is 11.9 Å². The zero-order valence-electron chi connectivity index (χ0n) is 10.9. The van der Waals surface area contributed by atoms with Gasteiger partial charge < -0.3 is 22.5 Å². The first-order valence-corrected chi connectivity index (χ1v) is 6.24. The minimum absolute atomic E-state index is 0. The normalized spacial score (nSPS) is 14.7. The molecule has 0 heterocycles. The minimum Gasteiger partial charge on any atom is -0.481 e. The Labute approximate surface area is 116 Å². The average Bonchev–Trinajstić information content (AvgIpc) is 2.20. The van der Waals surface area contributed by atoms with Crippen LogP contribution in [0.2, 0.25) is 0 Å². The lowest BCUT2D eigenvalue weighted by molar-refractivity contribution is -0.151. The molecule has 0 aliphatic rings. The van der Waals surface area contributed by atoms with Crippen LogP contribution in [-0.4, -0.2) is 39.9 Å². The molecule has 2 unspecified atom stereocenters. The van der Waals surface area contributed by atoms with Crippen LogP contribution in [0, 0.1) is 5.92 Å². The molecule has 118 valence electrons.